The van der Waals surface area contributed by atoms with Gasteiger partial charge in [0.1, 0.15) is 0 Å². The van der Waals surface area contributed by atoms with E-state index in [1.54, 1.807) is 6.08 Å². The molecule has 0 aromatic heterocycles. The Bertz CT molecular complexity index is 1110. The van der Waals surface area contributed by atoms with Gasteiger partial charge in [0.25, 0.3) is 0 Å². The SMILES string of the molecule is C=C/C=C(\C=C)N(c1ccccc1)c1ccc(-c2ccc3c(c2)C2CCC3O2)cc1. The van der Waals surface area contributed by atoms with Gasteiger partial charge < -0.3 is 9.64 Å². The highest BCUT2D eigenvalue weighted by Crippen LogP contribution is 2.51. The fourth-order valence-corrected chi connectivity index (χ4v) is 4.60. The highest BCUT2D eigenvalue weighted by atomic mass is 16.5. The maximum Gasteiger partial charge on any atom is 0.0838 e. The Morgan fingerprint density at radius 1 is 0.800 bits per heavy atom. The van der Waals surface area contributed by atoms with E-state index in [2.05, 4.69) is 72.7 Å². The van der Waals surface area contributed by atoms with Crippen LogP contribution < -0.4 is 4.90 Å². The van der Waals surface area contributed by atoms with E-state index in [9.17, 15) is 0 Å². The fraction of sp³-hybridized carbons (Fsp3) is 0.143. The zero-order chi connectivity index (χ0) is 20.5. The van der Waals surface area contributed by atoms with Gasteiger partial charge >= 0.3 is 0 Å². The van der Waals surface area contributed by atoms with Crippen molar-refractivity contribution in [3.8, 4) is 11.1 Å². The quantitative estimate of drug-likeness (QED) is 0.400. The lowest BCUT2D eigenvalue weighted by molar-refractivity contribution is 0.0717. The van der Waals surface area contributed by atoms with Crippen molar-refractivity contribution in [2.45, 2.75) is 25.0 Å². The minimum absolute atomic E-state index is 0.289. The van der Waals surface area contributed by atoms with Crippen molar-refractivity contribution in [1.29, 1.82) is 0 Å². The number of fused-ring (bicyclic) bond motifs is 5. The van der Waals surface area contributed by atoms with Crippen molar-refractivity contribution in [2.75, 3.05) is 4.90 Å². The minimum atomic E-state index is 0.289. The summed E-state index contributed by atoms with van der Waals surface area (Å²) in [6, 6.07) is 25.8. The fourth-order valence-electron chi connectivity index (χ4n) is 4.60. The smallest absolute Gasteiger partial charge is 0.0838 e. The van der Waals surface area contributed by atoms with Gasteiger partial charge in [-0.1, -0.05) is 61.7 Å². The summed E-state index contributed by atoms with van der Waals surface area (Å²) in [5.74, 6) is 0. The monoisotopic (exact) mass is 391 g/mol. The molecule has 2 atom stereocenters. The van der Waals surface area contributed by atoms with E-state index in [4.69, 9.17) is 4.74 Å². The molecule has 0 N–H and O–H groups in total. The van der Waals surface area contributed by atoms with Gasteiger partial charge in [-0.25, -0.2) is 0 Å². The topological polar surface area (TPSA) is 12.5 Å². The average Bonchev–Trinajstić information content (AvgIpc) is 3.42. The second-order valence-corrected chi connectivity index (χ2v) is 7.78. The highest BCUT2D eigenvalue weighted by molar-refractivity contribution is 5.74. The summed E-state index contributed by atoms with van der Waals surface area (Å²) >= 11 is 0. The van der Waals surface area contributed by atoms with E-state index in [0.717, 1.165) is 29.9 Å². The van der Waals surface area contributed by atoms with E-state index in [1.807, 2.05) is 30.4 Å². The summed E-state index contributed by atoms with van der Waals surface area (Å²) in [6.07, 6.45) is 8.53. The van der Waals surface area contributed by atoms with Gasteiger partial charge in [-0.05, 0) is 77.6 Å². The maximum absolute atomic E-state index is 6.06. The normalized spacial score (nSPS) is 19.4. The minimum Gasteiger partial charge on any atom is -0.366 e. The number of benzene rings is 3. The number of ether oxygens (including phenoxy) is 1. The van der Waals surface area contributed by atoms with Gasteiger partial charge in [-0.3, -0.25) is 0 Å². The first-order valence-corrected chi connectivity index (χ1v) is 10.5. The molecular formula is C28H25NO. The lowest BCUT2D eigenvalue weighted by atomic mass is 9.89. The molecule has 0 amide bonds. The second kappa shape index (κ2) is 7.81. The van der Waals surface area contributed by atoms with Crippen molar-refractivity contribution in [3.63, 3.8) is 0 Å². The molecule has 2 aliphatic heterocycles. The number of nitrogens with zero attached hydrogens (tertiary/aromatic N) is 1. The van der Waals surface area contributed by atoms with Crippen LogP contribution >= 0.6 is 0 Å². The zero-order valence-electron chi connectivity index (χ0n) is 17.0. The lowest BCUT2D eigenvalue weighted by Crippen LogP contribution is -2.14. The number of allylic oxidation sites excluding steroid dienone is 3. The molecule has 1 saturated heterocycles. The van der Waals surface area contributed by atoms with Crippen molar-refractivity contribution < 1.29 is 4.74 Å². The molecule has 1 fully saturated rings. The predicted molar refractivity (Wildman–Crippen MR) is 125 cm³/mol. The molecule has 0 spiro atoms. The largest absolute Gasteiger partial charge is 0.366 e. The van der Waals surface area contributed by atoms with Gasteiger partial charge in [0.2, 0.25) is 0 Å². The molecule has 148 valence electrons. The Hall–Kier alpha value is -3.36. The van der Waals surface area contributed by atoms with Crippen molar-refractivity contribution in [1.82, 2.24) is 0 Å². The Morgan fingerprint density at radius 3 is 2.17 bits per heavy atom. The molecule has 5 rings (SSSR count). The third-order valence-electron chi connectivity index (χ3n) is 6.03. The van der Waals surface area contributed by atoms with E-state index in [0.29, 0.717) is 6.10 Å². The van der Waals surface area contributed by atoms with Crippen LogP contribution in [0.1, 0.15) is 36.2 Å². The van der Waals surface area contributed by atoms with Crippen LogP contribution in [-0.2, 0) is 4.74 Å². The third-order valence-corrected chi connectivity index (χ3v) is 6.03. The molecule has 3 aromatic carbocycles. The van der Waals surface area contributed by atoms with Gasteiger partial charge in [-0.2, -0.15) is 0 Å². The van der Waals surface area contributed by atoms with Crippen LogP contribution in [0.2, 0.25) is 0 Å². The number of para-hydroxylation sites is 1. The first-order chi connectivity index (χ1) is 14.8. The second-order valence-electron chi connectivity index (χ2n) is 7.78. The molecule has 2 heteroatoms. The maximum atomic E-state index is 6.06. The summed E-state index contributed by atoms with van der Waals surface area (Å²) in [5.41, 5.74) is 8.37. The van der Waals surface area contributed by atoms with Crippen LogP contribution in [0.5, 0.6) is 0 Å². The summed E-state index contributed by atoms with van der Waals surface area (Å²) in [5, 5.41) is 0. The molecular weight excluding hydrogens is 366 g/mol. The Labute approximate surface area is 178 Å². The summed E-state index contributed by atoms with van der Waals surface area (Å²) < 4.78 is 6.06. The van der Waals surface area contributed by atoms with E-state index in [-0.39, 0.29) is 6.10 Å². The summed E-state index contributed by atoms with van der Waals surface area (Å²) in [7, 11) is 0. The van der Waals surface area contributed by atoms with Crippen LogP contribution in [0.3, 0.4) is 0 Å². The standard InChI is InChI=1S/C28H25NO/c1-3-8-22(4-2)29(23-9-6-5-7-10-23)24-14-11-20(12-15-24)21-13-16-25-26(19-21)28-18-17-27(25)30-28/h3-16,19,27-28H,1-2,17-18H2/b22-8+. The summed E-state index contributed by atoms with van der Waals surface area (Å²) in [4.78, 5) is 2.19. The van der Waals surface area contributed by atoms with Gasteiger partial charge in [-0.15, -0.1) is 0 Å². The molecule has 2 nitrogen and oxygen atoms in total. The number of hydrogen-bond acceptors (Lipinski definition) is 2. The number of anilines is 2. The molecule has 2 bridgehead atoms. The molecule has 3 aromatic rings. The molecule has 0 saturated carbocycles. The Kier molecular flexibility index (Phi) is 4.86. The molecule has 0 radical (unpaired) electrons. The Morgan fingerprint density at radius 2 is 1.47 bits per heavy atom. The lowest BCUT2D eigenvalue weighted by Gasteiger charge is -2.26. The van der Waals surface area contributed by atoms with E-state index < -0.39 is 0 Å². The van der Waals surface area contributed by atoms with Gasteiger partial charge in [0.15, 0.2) is 0 Å². The molecule has 2 heterocycles. The molecule has 2 aliphatic rings. The van der Waals surface area contributed by atoms with Crippen LogP contribution in [0, 0.1) is 0 Å². The molecule has 2 unspecified atom stereocenters. The average molecular weight is 392 g/mol. The van der Waals surface area contributed by atoms with Crippen LogP contribution in [0.25, 0.3) is 11.1 Å². The van der Waals surface area contributed by atoms with Crippen molar-refractivity contribution in [3.05, 3.63) is 121 Å². The third kappa shape index (κ3) is 3.20. The number of rotatable bonds is 6. The summed E-state index contributed by atoms with van der Waals surface area (Å²) in [6.45, 7) is 7.85. The molecule has 30 heavy (non-hydrogen) atoms. The molecule has 0 aliphatic carbocycles. The van der Waals surface area contributed by atoms with Crippen LogP contribution in [0.4, 0.5) is 11.4 Å². The van der Waals surface area contributed by atoms with Gasteiger partial charge in [0, 0.05) is 17.1 Å². The predicted octanol–water partition coefficient (Wildman–Crippen LogP) is 7.65. The van der Waals surface area contributed by atoms with Crippen LogP contribution in [0.15, 0.2) is 110 Å². The number of hydrogen-bond donors (Lipinski definition) is 0. The first-order valence-electron chi connectivity index (χ1n) is 10.5. The van der Waals surface area contributed by atoms with Crippen LogP contribution in [-0.4, -0.2) is 0 Å². The van der Waals surface area contributed by atoms with Crippen molar-refractivity contribution in [2.24, 2.45) is 0 Å². The van der Waals surface area contributed by atoms with Crippen molar-refractivity contribution >= 4 is 11.4 Å². The first kappa shape index (κ1) is 18.7. The van der Waals surface area contributed by atoms with Gasteiger partial charge in [0.05, 0.1) is 12.2 Å². The zero-order valence-corrected chi connectivity index (χ0v) is 17.0. The van der Waals surface area contributed by atoms with E-state index in [1.165, 1.54) is 22.3 Å². The Balaban J connectivity index is 1.50. The highest BCUT2D eigenvalue weighted by Gasteiger charge is 2.37. The van der Waals surface area contributed by atoms with E-state index >= 15 is 0 Å².